The molecule has 3 nitrogen and oxygen atoms in total. The van der Waals surface area contributed by atoms with Crippen LogP contribution in [0.4, 0.5) is 0 Å². The van der Waals surface area contributed by atoms with Gasteiger partial charge in [0.15, 0.2) is 5.79 Å². The molecule has 1 aliphatic rings. The van der Waals surface area contributed by atoms with Crippen LogP contribution in [-0.4, -0.2) is 18.4 Å². The molecule has 0 saturated carbocycles. The summed E-state index contributed by atoms with van der Waals surface area (Å²) >= 11 is 0. The lowest BCUT2D eigenvalue weighted by Gasteiger charge is -2.39. The van der Waals surface area contributed by atoms with Gasteiger partial charge in [0.1, 0.15) is 6.10 Å². The first-order valence-corrected chi connectivity index (χ1v) is 5.21. The summed E-state index contributed by atoms with van der Waals surface area (Å²) in [6.07, 6.45) is -0.0741. The minimum absolute atomic E-state index is 0.0741. The van der Waals surface area contributed by atoms with E-state index in [-0.39, 0.29) is 12.1 Å². The quantitative estimate of drug-likeness (QED) is 0.764. The molecule has 15 heavy (non-hydrogen) atoms. The van der Waals surface area contributed by atoms with E-state index in [1.807, 2.05) is 44.2 Å². The molecule has 1 aliphatic heterocycles. The normalized spacial score (nSPS) is 30.1. The lowest BCUT2D eigenvalue weighted by atomic mass is 10.0. The average molecular weight is 207 g/mol. The van der Waals surface area contributed by atoms with Crippen LogP contribution in [0.25, 0.3) is 0 Å². The van der Waals surface area contributed by atoms with Gasteiger partial charge in [0.25, 0.3) is 0 Å². The minimum atomic E-state index is -0.545. The van der Waals surface area contributed by atoms with Gasteiger partial charge in [-0.1, -0.05) is 30.3 Å². The number of hydrogen-bond acceptors (Lipinski definition) is 3. The molecule has 0 spiro atoms. The van der Waals surface area contributed by atoms with Crippen molar-refractivity contribution in [2.45, 2.75) is 31.8 Å². The molecule has 1 heterocycles. The van der Waals surface area contributed by atoms with E-state index in [1.165, 1.54) is 0 Å². The smallest absolute Gasteiger partial charge is 0.163 e. The Morgan fingerprint density at radius 3 is 2.60 bits per heavy atom. The lowest BCUT2D eigenvalue weighted by molar-refractivity contribution is -0.281. The molecule has 0 bridgehead atoms. The van der Waals surface area contributed by atoms with Gasteiger partial charge in [-0.3, -0.25) is 0 Å². The second-order valence-corrected chi connectivity index (χ2v) is 4.32. The molecule has 1 saturated heterocycles. The molecular formula is C12H17NO2. The highest BCUT2D eigenvalue weighted by Crippen LogP contribution is 2.31. The summed E-state index contributed by atoms with van der Waals surface area (Å²) in [5, 5.41) is 0. The van der Waals surface area contributed by atoms with Crippen LogP contribution in [0.1, 0.15) is 25.5 Å². The maximum Gasteiger partial charge on any atom is 0.163 e. The van der Waals surface area contributed by atoms with Gasteiger partial charge < -0.3 is 15.2 Å². The van der Waals surface area contributed by atoms with Gasteiger partial charge in [0.05, 0.1) is 12.6 Å². The Morgan fingerprint density at radius 2 is 1.93 bits per heavy atom. The van der Waals surface area contributed by atoms with Gasteiger partial charge in [0, 0.05) is 0 Å². The third-order valence-electron chi connectivity index (χ3n) is 2.55. The van der Waals surface area contributed by atoms with Crippen molar-refractivity contribution in [1.82, 2.24) is 0 Å². The Hall–Kier alpha value is -0.900. The summed E-state index contributed by atoms with van der Waals surface area (Å²) in [4.78, 5) is 0. The van der Waals surface area contributed by atoms with Gasteiger partial charge in [-0.25, -0.2) is 0 Å². The van der Waals surface area contributed by atoms with Gasteiger partial charge in [0.2, 0.25) is 0 Å². The third-order valence-corrected chi connectivity index (χ3v) is 2.55. The molecule has 3 heteroatoms. The first kappa shape index (κ1) is 10.6. The molecule has 0 amide bonds. The van der Waals surface area contributed by atoms with E-state index in [0.717, 1.165) is 5.56 Å². The number of rotatable bonds is 1. The highest BCUT2D eigenvalue weighted by molar-refractivity contribution is 5.19. The predicted octanol–water partition coefficient (Wildman–Crippen LogP) is 1.84. The number of ether oxygens (including phenoxy) is 2. The zero-order chi connectivity index (χ0) is 10.9. The van der Waals surface area contributed by atoms with Crippen molar-refractivity contribution in [3.63, 3.8) is 0 Å². The maximum absolute atomic E-state index is 5.98. The Labute approximate surface area is 90.2 Å². The SMILES string of the molecule is CC1(C)OC[C@H](N)[C@H](c2ccccc2)O1. The number of nitrogens with two attached hydrogens (primary N) is 1. The Morgan fingerprint density at radius 1 is 1.27 bits per heavy atom. The predicted molar refractivity (Wildman–Crippen MR) is 58.3 cm³/mol. The van der Waals surface area contributed by atoms with Crippen LogP contribution in [0.15, 0.2) is 30.3 Å². The van der Waals surface area contributed by atoms with Crippen molar-refractivity contribution in [3.05, 3.63) is 35.9 Å². The van der Waals surface area contributed by atoms with Crippen LogP contribution in [0.3, 0.4) is 0 Å². The van der Waals surface area contributed by atoms with E-state index in [9.17, 15) is 0 Å². The Kier molecular flexibility index (Phi) is 2.78. The number of hydrogen-bond donors (Lipinski definition) is 1. The summed E-state index contributed by atoms with van der Waals surface area (Å²) in [7, 11) is 0. The van der Waals surface area contributed by atoms with Gasteiger partial charge in [-0.15, -0.1) is 0 Å². The summed E-state index contributed by atoms with van der Waals surface area (Å²) in [5.74, 6) is -0.545. The fourth-order valence-electron chi connectivity index (χ4n) is 1.77. The van der Waals surface area contributed by atoms with Gasteiger partial charge in [-0.05, 0) is 19.4 Å². The van der Waals surface area contributed by atoms with Crippen LogP contribution in [-0.2, 0) is 9.47 Å². The molecule has 0 aliphatic carbocycles. The lowest BCUT2D eigenvalue weighted by Crippen LogP contribution is -2.48. The molecule has 2 rings (SSSR count). The Balaban J connectivity index is 2.20. The van der Waals surface area contributed by atoms with Crippen molar-refractivity contribution in [2.24, 2.45) is 5.73 Å². The Bertz CT molecular complexity index is 324. The van der Waals surface area contributed by atoms with Crippen molar-refractivity contribution in [3.8, 4) is 0 Å². The first-order chi connectivity index (χ1) is 7.08. The van der Waals surface area contributed by atoms with Crippen LogP contribution in [0.2, 0.25) is 0 Å². The van der Waals surface area contributed by atoms with E-state index in [1.54, 1.807) is 0 Å². The van der Waals surface area contributed by atoms with E-state index in [4.69, 9.17) is 15.2 Å². The molecule has 2 atom stereocenters. The largest absolute Gasteiger partial charge is 0.349 e. The van der Waals surface area contributed by atoms with Crippen LogP contribution in [0, 0.1) is 0 Å². The fourth-order valence-corrected chi connectivity index (χ4v) is 1.77. The zero-order valence-electron chi connectivity index (χ0n) is 9.14. The highest BCUT2D eigenvalue weighted by Gasteiger charge is 2.35. The summed E-state index contributed by atoms with van der Waals surface area (Å²) in [6, 6.07) is 9.94. The molecular weight excluding hydrogens is 190 g/mol. The fraction of sp³-hybridized carbons (Fsp3) is 0.500. The molecule has 2 N–H and O–H groups in total. The van der Waals surface area contributed by atoms with Crippen LogP contribution < -0.4 is 5.73 Å². The van der Waals surface area contributed by atoms with E-state index >= 15 is 0 Å². The molecule has 1 fully saturated rings. The van der Waals surface area contributed by atoms with Crippen LogP contribution >= 0.6 is 0 Å². The molecule has 0 unspecified atom stereocenters. The van der Waals surface area contributed by atoms with Crippen LogP contribution in [0.5, 0.6) is 0 Å². The second kappa shape index (κ2) is 3.93. The summed E-state index contributed by atoms with van der Waals surface area (Å²) in [6.45, 7) is 4.36. The molecule has 0 aromatic heterocycles. The van der Waals surface area contributed by atoms with Crippen molar-refractivity contribution >= 4 is 0 Å². The van der Waals surface area contributed by atoms with Crippen molar-refractivity contribution in [2.75, 3.05) is 6.61 Å². The van der Waals surface area contributed by atoms with E-state index < -0.39 is 5.79 Å². The topological polar surface area (TPSA) is 44.5 Å². The summed E-state index contributed by atoms with van der Waals surface area (Å²) < 4.78 is 11.3. The standard InChI is InChI=1S/C12H17NO2/c1-12(2)14-8-10(13)11(15-12)9-6-4-3-5-7-9/h3-7,10-11H,8,13H2,1-2H3/t10-,11-/m0/s1. The highest BCUT2D eigenvalue weighted by atomic mass is 16.7. The molecule has 82 valence electrons. The molecule has 1 aromatic rings. The van der Waals surface area contributed by atoms with E-state index in [0.29, 0.717) is 6.61 Å². The molecule has 0 radical (unpaired) electrons. The minimum Gasteiger partial charge on any atom is -0.349 e. The van der Waals surface area contributed by atoms with Crippen molar-refractivity contribution < 1.29 is 9.47 Å². The summed E-state index contributed by atoms with van der Waals surface area (Å²) in [5.41, 5.74) is 7.09. The molecule has 1 aromatic carbocycles. The number of benzene rings is 1. The monoisotopic (exact) mass is 207 g/mol. The first-order valence-electron chi connectivity index (χ1n) is 5.21. The average Bonchev–Trinajstić information content (AvgIpc) is 2.23. The maximum atomic E-state index is 5.98. The zero-order valence-corrected chi connectivity index (χ0v) is 9.14. The third kappa shape index (κ3) is 2.37. The van der Waals surface area contributed by atoms with Gasteiger partial charge in [-0.2, -0.15) is 0 Å². The van der Waals surface area contributed by atoms with E-state index in [2.05, 4.69) is 0 Å². The second-order valence-electron chi connectivity index (χ2n) is 4.32. The van der Waals surface area contributed by atoms with Gasteiger partial charge >= 0.3 is 0 Å². The van der Waals surface area contributed by atoms with Crippen molar-refractivity contribution in [1.29, 1.82) is 0 Å².